The minimum atomic E-state index is -0.981. The highest BCUT2D eigenvalue weighted by atomic mass is 19.1. The maximum absolute atomic E-state index is 13.7. The fourth-order valence-electron chi connectivity index (χ4n) is 3.37. The monoisotopic (exact) mass is 387 g/mol. The van der Waals surface area contributed by atoms with E-state index in [0.717, 1.165) is 31.2 Å². The van der Waals surface area contributed by atoms with Gasteiger partial charge in [-0.1, -0.05) is 48.5 Å². The first-order valence-electron chi connectivity index (χ1n) is 9.63. The maximum Gasteiger partial charge on any atom is 0.407 e. The first-order chi connectivity index (χ1) is 13.6. The van der Waals surface area contributed by atoms with E-state index in [1.807, 2.05) is 30.3 Å². The summed E-state index contributed by atoms with van der Waals surface area (Å²) < 4.78 is 24.7. The molecule has 0 bridgehead atoms. The second kappa shape index (κ2) is 10.2. The van der Waals surface area contributed by atoms with Crippen LogP contribution < -0.4 is 5.32 Å². The molecule has 1 aliphatic rings. The molecule has 150 valence electrons. The van der Waals surface area contributed by atoms with Gasteiger partial charge in [0, 0.05) is 11.6 Å². The zero-order chi connectivity index (χ0) is 19.8. The highest BCUT2D eigenvalue weighted by molar-refractivity contribution is 5.67. The normalized spacial score (nSPS) is 20.4. The Morgan fingerprint density at radius 1 is 1.07 bits per heavy atom. The third-order valence-corrected chi connectivity index (χ3v) is 4.96. The van der Waals surface area contributed by atoms with Gasteiger partial charge in [0.2, 0.25) is 0 Å². The number of ether oxygens (including phenoxy) is 2. The molecule has 1 saturated carbocycles. The molecule has 1 amide bonds. The standard InChI is InChI=1S/C22H26FNO4/c23-20-9-5-4-8-19(20)21(25)15-27-18-12-10-17(11-13-18)24-22(26)28-14-16-6-2-1-3-7-16/h1-9,17-18,21,25H,10-15H2,(H,24,26)/t17-,18-,21?. The van der Waals surface area contributed by atoms with Crippen LogP contribution in [0.2, 0.25) is 0 Å². The molecule has 2 aromatic rings. The lowest BCUT2D eigenvalue weighted by Gasteiger charge is -2.29. The molecule has 6 heteroatoms. The number of benzene rings is 2. The molecule has 0 heterocycles. The highest BCUT2D eigenvalue weighted by Gasteiger charge is 2.24. The molecule has 1 unspecified atom stereocenters. The maximum atomic E-state index is 13.7. The number of carbonyl (C=O) groups excluding carboxylic acids is 1. The second-order valence-corrected chi connectivity index (χ2v) is 7.05. The Bertz CT molecular complexity index is 747. The fraction of sp³-hybridized carbons (Fsp3) is 0.409. The summed E-state index contributed by atoms with van der Waals surface area (Å²) in [5.41, 5.74) is 1.20. The molecular formula is C22H26FNO4. The van der Waals surface area contributed by atoms with E-state index in [0.29, 0.717) is 0 Å². The van der Waals surface area contributed by atoms with Crippen LogP contribution in [0.4, 0.5) is 9.18 Å². The van der Waals surface area contributed by atoms with Gasteiger partial charge in [-0.05, 0) is 37.3 Å². The summed E-state index contributed by atoms with van der Waals surface area (Å²) in [5, 5.41) is 13.0. The summed E-state index contributed by atoms with van der Waals surface area (Å²) in [6, 6.07) is 15.8. The molecule has 1 fully saturated rings. The van der Waals surface area contributed by atoms with Crippen LogP contribution in [0.3, 0.4) is 0 Å². The van der Waals surface area contributed by atoms with E-state index >= 15 is 0 Å². The van der Waals surface area contributed by atoms with Crippen molar-refractivity contribution in [3.63, 3.8) is 0 Å². The Morgan fingerprint density at radius 3 is 2.46 bits per heavy atom. The molecule has 2 aromatic carbocycles. The van der Waals surface area contributed by atoms with E-state index in [4.69, 9.17) is 9.47 Å². The molecule has 1 aliphatic carbocycles. The van der Waals surface area contributed by atoms with Crippen molar-refractivity contribution in [1.29, 1.82) is 0 Å². The molecule has 28 heavy (non-hydrogen) atoms. The van der Waals surface area contributed by atoms with Gasteiger partial charge >= 0.3 is 6.09 Å². The van der Waals surface area contributed by atoms with Crippen molar-refractivity contribution in [2.75, 3.05) is 6.61 Å². The van der Waals surface area contributed by atoms with Crippen molar-refractivity contribution in [2.45, 2.75) is 50.5 Å². The molecule has 0 saturated heterocycles. The van der Waals surface area contributed by atoms with E-state index in [-0.39, 0.29) is 30.9 Å². The van der Waals surface area contributed by atoms with Crippen molar-refractivity contribution in [1.82, 2.24) is 5.32 Å². The number of amides is 1. The van der Waals surface area contributed by atoms with Crippen molar-refractivity contribution < 1.29 is 23.8 Å². The first-order valence-corrected chi connectivity index (χ1v) is 9.63. The first kappa shape index (κ1) is 20.3. The molecule has 0 radical (unpaired) electrons. The van der Waals surface area contributed by atoms with E-state index in [1.54, 1.807) is 18.2 Å². The van der Waals surface area contributed by atoms with Gasteiger partial charge in [0.05, 0.1) is 12.7 Å². The van der Waals surface area contributed by atoms with Crippen LogP contribution in [0.25, 0.3) is 0 Å². The molecule has 3 rings (SSSR count). The summed E-state index contributed by atoms with van der Waals surface area (Å²) in [5.74, 6) is -0.430. The van der Waals surface area contributed by atoms with Gasteiger partial charge < -0.3 is 19.9 Å². The molecule has 0 aliphatic heterocycles. The van der Waals surface area contributed by atoms with Gasteiger partial charge in [-0.3, -0.25) is 0 Å². The van der Waals surface area contributed by atoms with Crippen LogP contribution in [-0.4, -0.2) is 30.0 Å². The smallest absolute Gasteiger partial charge is 0.407 e. The average molecular weight is 387 g/mol. The van der Waals surface area contributed by atoms with Gasteiger partial charge in [0.15, 0.2) is 0 Å². The second-order valence-electron chi connectivity index (χ2n) is 7.05. The number of carbonyl (C=O) groups is 1. The van der Waals surface area contributed by atoms with Gasteiger partial charge in [-0.2, -0.15) is 0 Å². The number of rotatable bonds is 7. The number of halogens is 1. The van der Waals surface area contributed by atoms with Crippen LogP contribution in [0.1, 0.15) is 42.9 Å². The number of aliphatic hydroxyl groups excluding tert-OH is 1. The van der Waals surface area contributed by atoms with Crippen molar-refractivity contribution >= 4 is 6.09 Å². The Morgan fingerprint density at radius 2 is 1.75 bits per heavy atom. The largest absolute Gasteiger partial charge is 0.445 e. The number of nitrogens with one attached hydrogen (secondary N) is 1. The quantitative estimate of drug-likeness (QED) is 0.750. The van der Waals surface area contributed by atoms with Crippen LogP contribution in [0, 0.1) is 5.82 Å². The molecule has 2 N–H and O–H groups in total. The van der Waals surface area contributed by atoms with E-state index in [2.05, 4.69) is 5.32 Å². The highest BCUT2D eigenvalue weighted by Crippen LogP contribution is 2.24. The van der Waals surface area contributed by atoms with Crippen molar-refractivity contribution in [3.05, 3.63) is 71.5 Å². The van der Waals surface area contributed by atoms with Crippen molar-refractivity contribution in [2.24, 2.45) is 0 Å². The summed E-state index contributed by atoms with van der Waals surface area (Å²) in [6.07, 6.45) is 1.70. The predicted molar refractivity (Wildman–Crippen MR) is 103 cm³/mol. The Kier molecular flexibility index (Phi) is 7.39. The SMILES string of the molecule is O=C(N[C@H]1CC[C@H](OCC(O)c2ccccc2F)CC1)OCc1ccccc1. The summed E-state index contributed by atoms with van der Waals surface area (Å²) in [6.45, 7) is 0.307. The van der Waals surface area contributed by atoms with Crippen LogP contribution >= 0.6 is 0 Å². The third-order valence-electron chi connectivity index (χ3n) is 4.96. The van der Waals surface area contributed by atoms with E-state index in [9.17, 15) is 14.3 Å². The van der Waals surface area contributed by atoms with Gasteiger partial charge in [-0.25, -0.2) is 9.18 Å². The molecule has 0 spiro atoms. The lowest BCUT2D eigenvalue weighted by Crippen LogP contribution is -2.39. The van der Waals surface area contributed by atoms with Crippen molar-refractivity contribution in [3.8, 4) is 0 Å². The Labute approximate surface area is 164 Å². The summed E-state index contributed by atoms with van der Waals surface area (Å²) in [4.78, 5) is 11.9. The van der Waals surface area contributed by atoms with Crippen LogP contribution in [0.5, 0.6) is 0 Å². The molecular weight excluding hydrogens is 361 g/mol. The zero-order valence-electron chi connectivity index (χ0n) is 15.7. The Hall–Kier alpha value is -2.44. The average Bonchev–Trinajstić information content (AvgIpc) is 2.72. The fourth-order valence-corrected chi connectivity index (χ4v) is 3.37. The number of hydrogen-bond acceptors (Lipinski definition) is 4. The summed E-state index contributed by atoms with van der Waals surface area (Å²) in [7, 11) is 0. The lowest BCUT2D eigenvalue weighted by atomic mass is 9.93. The minimum absolute atomic E-state index is 0.000173. The third kappa shape index (κ3) is 6.04. The molecule has 5 nitrogen and oxygen atoms in total. The number of alkyl carbamates (subject to hydrolysis) is 1. The molecule has 1 atom stereocenters. The Balaban J connectivity index is 1.34. The minimum Gasteiger partial charge on any atom is -0.445 e. The molecule has 0 aromatic heterocycles. The van der Waals surface area contributed by atoms with Crippen LogP contribution in [0.15, 0.2) is 54.6 Å². The zero-order valence-corrected chi connectivity index (χ0v) is 15.7. The number of hydrogen-bond donors (Lipinski definition) is 2. The lowest BCUT2D eigenvalue weighted by molar-refractivity contribution is -0.0286. The van der Waals surface area contributed by atoms with Gasteiger partial charge in [0.25, 0.3) is 0 Å². The number of aliphatic hydroxyl groups is 1. The van der Waals surface area contributed by atoms with Gasteiger partial charge in [0.1, 0.15) is 18.5 Å². The van der Waals surface area contributed by atoms with E-state index < -0.39 is 18.0 Å². The van der Waals surface area contributed by atoms with Crippen LogP contribution in [-0.2, 0) is 16.1 Å². The van der Waals surface area contributed by atoms with E-state index in [1.165, 1.54) is 6.07 Å². The van der Waals surface area contributed by atoms with Gasteiger partial charge in [-0.15, -0.1) is 0 Å². The topological polar surface area (TPSA) is 67.8 Å². The predicted octanol–water partition coefficient (Wildman–Crippen LogP) is 4.11. The summed E-state index contributed by atoms with van der Waals surface area (Å²) >= 11 is 0.